The second-order valence-corrected chi connectivity index (χ2v) is 7.44. The number of nitrogens with one attached hydrogen (secondary N) is 1. The number of aromatic nitrogens is 3. The Morgan fingerprint density at radius 3 is 2.11 bits per heavy atom. The Hall–Kier alpha value is -3.53. The zero-order chi connectivity index (χ0) is 20.7. The van der Waals surface area contributed by atoms with Crippen LogP contribution in [0.25, 0.3) is 0 Å². The molecule has 0 fully saturated rings. The number of sulfonamides is 1. The SMILES string of the molecule is Cc1cc(C)nc(NS(=O)(=O)c2ccc(N)cc2)n1.NC(=O)c1cccnc1. The summed E-state index contributed by atoms with van der Waals surface area (Å²) in [5.41, 5.74) is 12.8. The van der Waals surface area contributed by atoms with E-state index in [-0.39, 0.29) is 10.8 Å². The van der Waals surface area contributed by atoms with Crippen molar-refractivity contribution in [3.8, 4) is 0 Å². The third-order valence-corrected chi connectivity index (χ3v) is 4.69. The van der Waals surface area contributed by atoms with Crippen LogP contribution >= 0.6 is 0 Å². The van der Waals surface area contributed by atoms with Gasteiger partial charge in [-0.2, -0.15) is 0 Å². The summed E-state index contributed by atoms with van der Waals surface area (Å²) in [6.45, 7) is 3.55. The number of anilines is 2. The number of nitrogens with two attached hydrogens (primary N) is 2. The number of pyridine rings is 1. The molecule has 3 rings (SSSR count). The average Bonchev–Trinajstić information content (AvgIpc) is 2.62. The van der Waals surface area contributed by atoms with E-state index in [2.05, 4.69) is 19.7 Å². The Labute approximate surface area is 162 Å². The van der Waals surface area contributed by atoms with Crippen molar-refractivity contribution in [1.29, 1.82) is 0 Å². The summed E-state index contributed by atoms with van der Waals surface area (Å²) in [7, 11) is -3.69. The minimum Gasteiger partial charge on any atom is -0.399 e. The first-order chi connectivity index (χ1) is 13.2. The van der Waals surface area contributed by atoms with E-state index in [0.717, 1.165) is 0 Å². The Morgan fingerprint density at radius 2 is 1.64 bits per heavy atom. The smallest absolute Gasteiger partial charge is 0.264 e. The van der Waals surface area contributed by atoms with Crippen molar-refractivity contribution in [2.24, 2.45) is 5.73 Å². The van der Waals surface area contributed by atoms with Gasteiger partial charge in [0.05, 0.1) is 10.5 Å². The highest BCUT2D eigenvalue weighted by Gasteiger charge is 2.15. The maximum atomic E-state index is 12.1. The molecular weight excluding hydrogens is 380 g/mol. The zero-order valence-corrected chi connectivity index (χ0v) is 16.1. The maximum Gasteiger partial charge on any atom is 0.264 e. The van der Waals surface area contributed by atoms with Crippen LogP contribution in [0.4, 0.5) is 11.6 Å². The van der Waals surface area contributed by atoms with Crippen LogP contribution in [0.3, 0.4) is 0 Å². The van der Waals surface area contributed by atoms with Crippen LogP contribution in [0.1, 0.15) is 21.7 Å². The summed E-state index contributed by atoms with van der Waals surface area (Å²) in [6, 6.07) is 11.0. The first-order valence-electron chi connectivity index (χ1n) is 8.08. The Kier molecular flexibility index (Phi) is 6.61. The quantitative estimate of drug-likeness (QED) is 0.563. The van der Waals surface area contributed by atoms with Gasteiger partial charge in [-0.1, -0.05) is 0 Å². The van der Waals surface area contributed by atoms with Gasteiger partial charge < -0.3 is 11.5 Å². The maximum absolute atomic E-state index is 12.1. The highest BCUT2D eigenvalue weighted by atomic mass is 32.2. The molecule has 0 aliphatic rings. The largest absolute Gasteiger partial charge is 0.399 e. The van der Waals surface area contributed by atoms with E-state index in [0.29, 0.717) is 22.6 Å². The molecule has 0 spiro atoms. The summed E-state index contributed by atoms with van der Waals surface area (Å²) in [5, 5.41) is 0. The molecule has 0 atom stereocenters. The number of carbonyl (C=O) groups is 1. The number of primary amides is 1. The third kappa shape index (κ3) is 6.02. The van der Waals surface area contributed by atoms with Gasteiger partial charge in [-0.05, 0) is 56.3 Å². The summed E-state index contributed by atoms with van der Waals surface area (Å²) >= 11 is 0. The van der Waals surface area contributed by atoms with Crippen molar-refractivity contribution < 1.29 is 13.2 Å². The molecule has 1 amide bonds. The average molecular weight is 400 g/mol. The molecule has 1 aromatic carbocycles. The number of benzene rings is 1. The van der Waals surface area contributed by atoms with Gasteiger partial charge >= 0.3 is 0 Å². The number of amides is 1. The fraction of sp³-hybridized carbons (Fsp3) is 0.111. The van der Waals surface area contributed by atoms with Gasteiger partial charge in [-0.3, -0.25) is 9.78 Å². The monoisotopic (exact) mass is 400 g/mol. The fourth-order valence-corrected chi connectivity index (χ4v) is 3.05. The van der Waals surface area contributed by atoms with Gasteiger partial charge in [0.15, 0.2) is 0 Å². The topological polar surface area (TPSA) is 154 Å². The third-order valence-electron chi connectivity index (χ3n) is 3.34. The normalized spacial score (nSPS) is 10.5. The molecule has 0 radical (unpaired) electrons. The van der Waals surface area contributed by atoms with Gasteiger partial charge in [0, 0.05) is 29.5 Å². The molecule has 0 unspecified atom stereocenters. The minimum atomic E-state index is -3.69. The van der Waals surface area contributed by atoms with Gasteiger partial charge in [0.1, 0.15) is 0 Å². The summed E-state index contributed by atoms with van der Waals surface area (Å²) in [6.07, 6.45) is 3.02. The highest BCUT2D eigenvalue weighted by Crippen LogP contribution is 2.15. The second-order valence-electron chi connectivity index (χ2n) is 5.75. The van der Waals surface area contributed by atoms with Crippen molar-refractivity contribution in [3.05, 3.63) is 71.8 Å². The molecule has 0 aliphatic carbocycles. The van der Waals surface area contributed by atoms with E-state index >= 15 is 0 Å². The van der Waals surface area contributed by atoms with Crippen LogP contribution in [0, 0.1) is 13.8 Å². The lowest BCUT2D eigenvalue weighted by Crippen LogP contribution is -2.15. The lowest BCUT2D eigenvalue weighted by Gasteiger charge is -2.08. The van der Waals surface area contributed by atoms with Crippen molar-refractivity contribution in [2.75, 3.05) is 10.5 Å². The predicted octanol–water partition coefficient (Wildman–Crippen LogP) is 1.66. The summed E-state index contributed by atoms with van der Waals surface area (Å²) in [5.74, 6) is -0.377. The van der Waals surface area contributed by atoms with Gasteiger partial charge in [-0.15, -0.1) is 0 Å². The lowest BCUT2D eigenvalue weighted by molar-refractivity contribution is 0.1000. The molecule has 2 aromatic heterocycles. The van der Waals surface area contributed by atoms with Crippen LogP contribution in [0.5, 0.6) is 0 Å². The number of nitrogens with zero attached hydrogens (tertiary/aromatic N) is 3. The highest BCUT2D eigenvalue weighted by molar-refractivity contribution is 7.92. The molecule has 0 saturated heterocycles. The first kappa shape index (κ1) is 20.8. The molecule has 146 valence electrons. The van der Waals surface area contributed by atoms with Crippen LogP contribution < -0.4 is 16.2 Å². The van der Waals surface area contributed by atoms with E-state index in [1.165, 1.54) is 30.5 Å². The molecule has 9 nitrogen and oxygen atoms in total. The van der Waals surface area contributed by atoms with Crippen LogP contribution in [0.2, 0.25) is 0 Å². The zero-order valence-electron chi connectivity index (χ0n) is 15.3. The molecule has 0 aliphatic heterocycles. The number of carbonyl (C=O) groups excluding carboxylic acids is 1. The fourth-order valence-electron chi connectivity index (χ4n) is 2.11. The van der Waals surface area contributed by atoms with Gasteiger partial charge in [-0.25, -0.2) is 23.1 Å². The number of hydrogen-bond donors (Lipinski definition) is 3. The van der Waals surface area contributed by atoms with Gasteiger partial charge in [0.25, 0.3) is 10.0 Å². The number of aryl methyl sites for hydroxylation is 2. The van der Waals surface area contributed by atoms with E-state index in [9.17, 15) is 13.2 Å². The molecule has 2 heterocycles. The minimum absolute atomic E-state index is 0.0642. The Morgan fingerprint density at radius 1 is 1.04 bits per heavy atom. The molecule has 3 aromatic rings. The molecular formula is C18H20N6O3S. The Bertz CT molecular complexity index is 1030. The van der Waals surface area contributed by atoms with E-state index in [1.807, 2.05) is 0 Å². The van der Waals surface area contributed by atoms with E-state index < -0.39 is 15.9 Å². The lowest BCUT2D eigenvalue weighted by atomic mass is 10.3. The summed E-state index contributed by atoms with van der Waals surface area (Å²) < 4.78 is 26.6. The van der Waals surface area contributed by atoms with E-state index in [4.69, 9.17) is 11.5 Å². The second kappa shape index (κ2) is 8.91. The van der Waals surface area contributed by atoms with Crippen LogP contribution in [-0.4, -0.2) is 29.3 Å². The van der Waals surface area contributed by atoms with Crippen molar-refractivity contribution in [1.82, 2.24) is 15.0 Å². The first-order valence-corrected chi connectivity index (χ1v) is 9.56. The van der Waals surface area contributed by atoms with Crippen LogP contribution in [-0.2, 0) is 10.0 Å². The molecule has 5 N–H and O–H groups in total. The van der Waals surface area contributed by atoms with Crippen molar-refractivity contribution in [2.45, 2.75) is 18.7 Å². The molecule has 0 bridgehead atoms. The van der Waals surface area contributed by atoms with Crippen LogP contribution in [0.15, 0.2) is 59.8 Å². The predicted molar refractivity (Wildman–Crippen MR) is 106 cm³/mol. The molecule has 0 saturated carbocycles. The standard InChI is InChI=1S/C12H14N4O2S.C6H6N2O/c1-8-7-9(2)15-12(14-8)16-19(17,18)11-5-3-10(13)4-6-11;7-6(9)5-2-1-3-8-4-5/h3-7H,13H2,1-2H3,(H,14,15,16);1-4H,(H2,7,9). The Balaban J connectivity index is 0.000000261. The van der Waals surface area contributed by atoms with Crippen molar-refractivity contribution >= 4 is 27.6 Å². The number of hydrogen-bond acceptors (Lipinski definition) is 7. The van der Waals surface area contributed by atoms with Crippen molar-refractivity contribution in [3.63, 3.8) is 0 Å². The number of nitrogen functional groups attached to an aromatic ring is 1. The van der Waals surface area contributed by atoms with Gasteiger partial charge in [0.2, 0.25) is 11.9 Å². The van der Waals surface area contributed by atoms with E-state index in [1.54, 1.807) is 38.2 Å². The molecule has 10 heteroatoms. The number of rotatable bonds is 4. The summed E-state index contributed by atoms with van der Waals surface area (Å²) in [4.78, 5) is 22.3. The molecule has 28 heavy (non-hydrogen) atoms.